The van der Waals surface area contributed by atoms with E-state index >= 15 is 0 Å². The second-order valence-electron chi connectivity index (χ2n) is 8.55. The van der Waals surface area contributed by atoms with Crippen molar-refractivity contribution in [3.63, 3.8) is 0 Å². The monoisotopic (exact) mass is 451 g/mol. The van der Waals surface area contributed by atoms with Crippen molar-refractivity contribution >= 4 is 5.97 Å². The molecular formula is C27H33NO5. The van der Waals surface area contributed by atoms with E-state index in [9.17, 15) is 4.79 Å². The third-order valence-electron chi connectivity index (χ3n) is 5.40. The van der Waals surface area contributed by atoms with Crippen molar-refractivity contribution in [2.45, 2.75) is 53.1 Å². The molecule has 3 aromatic rings. The summed E-state index contributed by atoms with van der Waals surface area (Å²) in [5.74, 6) is 1.92. The number of hydrogen-bond acceptors (Lipinski definition) is 5. The van der Waals surface area contributed by atoms with E-state index in [0.717, 1.165) is 40.3 Å². The van der Waals surface area contributed by atoms with Crippen LogP contribution in [0.2, 0.25) is 0 Å². The molecule has 0 aliphatic carbocycles. The molecule has 0 radical (unpaired) electrons. The van der Waals surface area contributed by atoms with Gasteiger partial charge >= 0.3 is 5.97 Å². The Balaban J connectivity index is 1.61. The summed E-state index contributed by atoms with van der Waals surface area (Å²) in [4.78, 5) is 15.6. The van der Waals surface area contributed by atoms with Crippen LogP contribution in [0.5, 0.6) is 5.75 Å². The Labute approximate surface area is 195 Å². The summed E-state index contributed by atoms with van der Waals surface area (Å²) in [6.45, 7) is 7.82. The summed E-state index contributed by atoms with van der Waals surface area (Å²) in [6, 6.07) is 15.6. The maximum Gasteiger partial charge on any atom is 0.303 e. The number of ether oxygens (including phenoxy) is 2. The van der Waals surface area contributed by atoms with Crippen LogP contribution in [-0.4, -0.2) is 29.3 Å². The number of benzene rings is 2. The van der Waals surface area contributed by atoms with E-state index in [4.69, 9.17) is 19.0 Å². The first-order valence-electron chi connectivity index (χ1n) is 11.5. The molecule has 0 spiro atoms. The third-order valence-corrected chi connectivity index (χ3v) is 5.40. The fourth-order valence-electron chi connectivity index (χ4n) is 3.44. The number of aliphatic carboxylic acids is 1. The zero-order chi connectivity index (χ0) is 23.6. The maximum absolute atomic E-state index is 11.0. The Hall–Kier alpha value is -3.12. The van der Waals surface area contributed by atoms with Gasteiger partial charge in [-0.15, -0.1) is 0 Å². The summed E-state index contributed by atoms with van der Waals surface area (Å²) in [7, 11) is 0. The summed E-state index contributed by atoms with van der Waals surface area (Å²) in [5.41, 5.74) is 3.78. The number of hydrogen-bond donors (Lipinski definition) is 1. The highest BCUT2D eigenvalue weighted by Crippen LogP contribution is 2.23. The molecule has 0 amide bonds. The highest BCUT2D eigenvalue weighted by molar-refractivity contribution is 5.67. The van der Waals surface area contributed by atoms with E-state index in [-0.39, 0.29) is 6.42 Å². The van der Waals surface area contributed by atoms with E-state index < -0.39 is 5.97 Å². The smallest absolute Gasteiger partial charge is 0.303 e. The minimum absolute atomic E-state index is 0.0916. The number of carboxylic acids is 1. The molecule has 3 rings (SSSR count). The van der Waals surface area contributed by atoms with Crippen molar-refractivity contribution in [1.29, 1.82) is 0 Å². The Morgan fingerprint density at radius 1 is 1.06 bits per heavy atom. The van der Waals surface area contributed by atoms with Crippen molar-refractivity contribution in [1.82, 2.24) is 4.98 Å². The average Bonchev–Trinajstić information content (AvgIpc) is 3.17. The van der Waals surface area contributed by atoms with E-state index in [1.807, 2.05) is 55.5 Å². The molecule has 1 heterocycles. The second kappa shape index (κ2) is 12.2. The Kier molecular flexibility index (Phi) is 9.07. The summed E-state index contributed by atoms with van der Waals surface area (Å²) < 4.78 is 17.7. The third kappa shape index (κ3) is 7.75. The quantitative estimate of drug-likeness (QED) is 0.328. The van der Waals surface area contributed by atoms with Gasteiger partial charge in [-0.25, -0.2) is 4.98 Å². The molecule has 6 nitrogen and oxygen atoms in total. The fraction of sp³-hybridized carbons (Fsp3) is 0.407. The number of carbonyl (C=O) groups is 1. The number of aryl methyl sites for hydroxylation is 2. The molecule has 0 bridgehead atoms. The molecule has 0 atom stereocenters. The van der Waals surface area contributed by atoms with Crippen LogP contribution in [0.4, 0.5) is 0 Å². The molecule has 0 fully saturated rings. The summed E-state index contributed by atoms with van der Waals surface area (Å²) in [5, 5.41) is 9.05. The van der Waals surface area contributed by atoms with Crippen LogP contribution in [0.3, 0.4) is 0 Å². The van der Waals surface area contributed by atoms with E-state index in [1.165, 1.54) is 0 Å². The first kappa shape index (κ1) is 24.5. The molecule has 1 aromatic heterocycles. The largest absolute Gasteiger partial charge is 0.493 e. The van der Waals surface area contributed by atoms with Crippen molar-refractivity contribution in [2.75, 3.05) is 13.2 Å². The van der Waals surface area contributed by atoms with Crippen molar-refractivity contribution in [3.8, 4) is 17.2 Å². The van der Waals surface area contributed by atoms with Gasteiger partial charge < -0.3 is 19.0 Å². The second-order valence-corrected chi connectivity index (χ2v) is 8.55. The zero-order valence-electron chi connectivity index (χ0n) is 19.7. The molecule has 1 N–H and O–H groups in total. The van der Waals surface area contributed by atoms with Crippen molar-refractivity contribution in [3.05, 3.63) is 71.1 Å². The molecule has 0 aliphatic heterocycles. The molecule has 176 valence electrons. The lowest BCUT2D eigenvalue weighted by atomic mass is 10.0. The fourth-order valence-corrected chi connectivity index (χ4v) is 3.44. The van der Waals surface area contributed by atoms with Crippen molar-refractivity contribution < 1.29 is 23.8 Å². The van der Waals surface area contributed by atoms with Crippen molar-refractivity contribution in [2.24, 2.45) is 5.92 Å². The lowest BCUT2D eigenvalue weighted by molar-refractivity contribution is -0.136. The van der Waals surface area contributed by atoms with Crippen LogP contribution in [-0.2, 0) is 29.0 Å². The van der Waals surface area contributed by atoms with Crippen LogP contribution in [0, 0.1) is 12.8 Å². The predicted octanol–water partition coefficient (Wildman–Crippen LogP) is 5.85. The number of nitrogens with zero attached hydrogens (tertiary/aromatic N) is 1. The van der Waals surface area contributed by atoms with Gasteiger partial charge in [0.2, 0.25) is 5.89 Å². The molecule has 0 saturated heterocycles. The molecule has 0 aliphatic rings. The lowest BCUT2D eigenvalue weighted by Gasteiger charge is -2.13. The number of carboxylic acid groups (broad SMARTS) is 1. The van der Waals surface area contributed by atoms with Gasteiger partial charge in [-0.05, 0) is 61.1 Å². The Morgan fingerprint density at radius 2 is 1.85 bits per heavy atom. The molecule has 0 unspecified atom stereocenters. The summed E-state index contributed by atoms with van der Waals surface area (Å²) in [6.07, 6.45) is 2.18. The van der Waals surface area contributed by atoms with Gasteiger partial charge in [0.25, 0.3) is 0 Å². The molecule has 2 aromatic carbocycles. The first-order valence-corrected chi connectivity index (χ1v) is 11.5. The highest BCUT2D eigenvalue weighted by atomic mass is 16.5. The number of aromatic nitrogens is 1. The first-order chi connectivity index (χ1) is 15.9. The van der Waals surface area contributed by atoms with Gasteiger partial charge in [-0.3, -0.25) is 4.79 Å². The molecule has 0 saturated carbocycles. The van der Waals surface area contributed by atoms with Gasteiger partial charge in [0.1, 0.15) is 11.5 Å². The Morgan fingerprint density at radius 3 is 2.58 bits per heavy atom. The highest BCUT2D eigenvalue weighted by Gasteiger charge is 2.12. The minimum atomic E-state index is -0.806. The van der Waals surface area contributed by atoms with Crippen LogP contribution < -0.4 is 4.74 Å². The van der Waals surface area contributed by atoms with Crippen LogP contribution in [0.15, 0.2) is 52.9 Å². The Bertz CT molecular complexity index is 1030. The van der Waals surface area contributed by atoms with Gasteiger partial charge in [-0.2, -0.15) is 0 Å². The number of rotatable bonds is 13. The average molecular weight is 452 g/mol. The van der Waals surface area contributed by atoms with Gasteiger partial charge in [0, 0.05) is 25.0 Å². The van der Waals surface area contributed by atoms with Crippen LogP contribution in [0.1, 0.15) is 49.3 Å². The normalized spacial score (nSPS) is 11.2. The van der Waals surface area contributed by atoms with Crippen LogP contribution >= 0.6 is 0 Å². The molecule has 33 heavy (non-hydrogen) atoms. The zero-order valence-corrected chi connectivity index (χ0v) is 19.7. The lowest BCUT2D eigenvalue weighted by Crippen LogP contribution is -2.06. The van der Waals surface area contributed by atoms with Gasteiger partial charge in [-0.1, -0.05) is 38.1 Å². The summed E-state index contributed by atoms with van der Waals surface area (Å²) >= 11 is 0. The van der Waals surface area contributed by atoms with Gasteiger partial charge in [0.05, 0.1) is 18.9 Å². The topological polar surface area (TPSA) is 81.8 Å². The minimum Gasteiger partial charge on any atom is -0.493 e. The standard InChI is InChI=1S/C27H33NO5/c1-19(2)13-15-31-18-23-17-24(11-9-21(23)10-12-26(29)30)32-16-14-25-20(3)33-27(28-25)22-7-5-4-6-8-22/h4-9,11,17,19H,10,12-16,18H2,1-3H3,(H,29,30). The van der Waals surface area contributed by atoms with E-state index in [1.54, 1.807) is 0 Å². The number of oxazole rings is 1. The molecule has 6 heteroatoms. The SMILES string of the molecule is Cc1oc(-c2ccccc2)nc1CCOc1ccc(CCC(=O)O)c(COCCC(C)C)c1. The van der Waals surface area contributed by atoms with Crippen LogP contribution in [0.25, 0.3) is 11.5 Å². The predicted molar refractivity (Wildman–Crippen MR) is 127 cm³/mol. The van der Waals surface area contributed by atoms with E-state index in [0.29, 0.717) is 44.5 Å². The molecular weight excluding hydrogens is 418 g/mol. The van der Waals surface area contributed by atoms with Gasteiger partial charge in [0.15, 0.2) is 0 Å². The maximum atomic E-state index is 11.0. The van der Waals surface area contributed by atoms with E-state index in [2.05, 4.69) is 18.8 Å².